The van der Waals surface area contributed by atoms with Gasteiger partial charge in [-0.1, -0.05) is 18.9 Å². The van der Waals surface area contributed by atoms with E-state index in [1.807, 2.05) is 6.07 Å². The number of aliphatic hydroxyl groups is 1. The van der Waals surface area contributed by atoms with Gasteiger partial charge in [0.15, 0.2) is 17.6 Å². The van der Waals surface area contributed by atoms with Gasteiger partial charge in [-0.15, -0.1) is 0 Å². The molecule has 0 amide bonds. The van der Waals surface area contributed by atoms with Gasteiger partial charge in [-0.3, -0.25) is 0 Å². The molecule has 3 heterocycles. The van der Waals surface area contributed by atoms with Gasteiger partial charge in [-0.05, 0) is 69.2 Å². The molecule has 6 nitrogen and oxygen atoms in total. The van der Waals surface area contributed by atoms with Gasteiger partial charge < -0.3 is 29.0 Å². The van der Waals surface area contributed by atoms with Crippen LogP contribution >= 0.6 is 0 Å². The molecule has 32 heavy (non-hydrogen) atoms. The molecule has 6 atom stereocenters. The lowest BCUT2D eigenvalue weighted by molar-refractivity contribution is -0.329. The van der Waals surface area contributed by atoms with Crippen molar-refractivity contribution in [3.8, 4) is 11.5 Å². The van der Waals surface area contributed by atoms with Gasteiger partial charge in [0.1, 0.15) is 0 Å². The number of hydrogen-bond acceptors (Lipinski definition) is 6. The van der Waals surface area contributed by atoms with E-state index in [9.17, 15) is 5.11 Å². The molecule has 6 aliphatic rings. The zero-order valence-corrected chi connectivity index (χ0v) is 19.3. The van der Waals surface area contributed by atoms with E-state index in [1.54, 1.807) is 7.11 Å². The number of likely N-dealkylation sites (tertiary alicyclic amines) is 1. The van der Waals surface area contributed by atoms with E-state index in [-0.39, 0.29) is 12.1 Å². The molecule has 2 bridgehead atoms. The number of methoxy groups -OCH3 is 1. The Labute approximate surface area is 190 Å². The van der Waals surface area contributed by atoms with Crippen LogP contribution in [0, 0.1) is 11.8 Å². The monoisotopic (exact) mass is 441 g/mol. The van der Waals surface area contributed by atoms with Crippen LogP contribution in [0.15, 0.2) is 12.1 Å². The van der Waals surface area contributed by atoms with Crippen LogP contribution in [0.1, 0.15) is 56.1 Å². The molecule has 2 spiro atoms. The molecule has 1 aromatic carbocycles. The second kappa shape index (κ2) is 6.62. The van der Waals surface area contributed by atoms with Crippen LogP contribution in [0.3, 0.4) is 0 Å². The fourth-order valence-corrected chi connectivity index (χ4v) is 8.42. The lowest BCUT2D eigenvalue weighted by Crippen LogP contribution is -2.79. The maximum atomic E-state index is 12.5. The van der Waals surface area contributed by atoms with Crippen molar-refractivity contribution in [2.75, 3.05) is 33.9 Å². The normalized spacial score (nSPS) is 46.7. The van der Waals surface area contributed by atoms with Crippen molar-refractivity contribution in [3.63, 3.8) is 0 Å². The highest BCUT2D eigenvalue weighted by atomic mass is 16.7. The zero-order valence-electron chi connectivity index (χ0n) is 19.3. The quantitative estimate of drug-likeness (QED) is 0.723. The summed E-state index contributed by atoms with van der Waals surface area (Å²) in [4.78, 5) is 2.36. The van der Waals surface area contributed by atoms with Crippen molar-refractivity contribution in [2.45, 2.75) is 80.3 Å². The second-order valence-electron chi connectivity index (χ2n) is 11.2. The number of benzene rings is 1. The lowest BCUT2D eigenvalue weighted by atomic mass is 9.48. The van der Waals surface area contributed by atoms with Crippen LogP contribution in [0.5, 0.6) is 11.5 Å². The molecular formula is C26H35NO5. The van der Waals surface area contributed by atoms with Crippen LogP contribution in [0.2, 0.25) is 0 Å². The lowest BCUT2D eigenvalue weighted by Gasteiger charge is -2.65. The summed E-state index contributed by atoms with van der Waals surface area (Å²) in [6.07, 6.45) is 7.73. The molecule has 4 unspecified atom stereocenters. The summed E-state index contributed by atoms with van der Waals surface area (Å²) in [5.74, 6) is 1.91. The van der Waals surface area contributed by atoms with Crippen molar-refractivity contribution in [1.82, 2.24) is 4.90 Å². The highest BCUT2D eigenvalue weighted by molar-refractivity contribution is 5.63. The van der Waals surface area contributed by atoms with Crippen molar-refractivity contribution in [2.24, 2.45) is 11.8 Å². The number of hydrogen-bond donors (Lipinski definition) is 1. The first kappa shape index (κ1) is 20.1. The molecule has 7 rings (SSSR count). The smallest absolute Gasteiger partial charge is 0.206 e. The van der Waals surface area contributed by atoms with Gasteiger partial charge in [-0.25, -0.2) is 0 Å². The van der Waals surface area contributed by atoms with Gasteiger partial charge in [0.2, 0.25) is 5.79 Å². The zero-order chi connectivity index (χ0) is 21.7. The molecule has 3 aliphatic carbocycles. The summed E-state index contributed by atoms with van der Waals surface area (Å²) in [6, 6.07) is 4.29. The van der Waals surface area contributed by atoms with Crippen molar-refractivity contribution < 1.29 is 24.1 Å². The first-order chi connectivity index (χ1) is 15.5. The van der Waals surface area contributed by atoms with Crippen LogP contribution < -0.4 is 9.47 Å². The van der Waals surface area contributed by atoms with Crippen LogP contribution in [-0.2, 0) is 21.3 Å². The van der Waals surface area contributed by atoms with Gasteiger partial charge in [-0.2, -0.15) is 0 Å². The summed E-state index contributed by atoms with van der Waals surface area (Å²) in [6.45, 7) is 2.41. The van der Waals surface area contributed by atoms with E-state index in [4.69, 9.17) is 18.9 Å². The standard InChI is InChI=1S/C26H35NO5/c1-27-12-11-24-21-16-7-8-19(29-2)22(21)32-23(24)26(10-9-25(24,28)20(27)13-16)30-14-17-5-3-4-6-18(17)15-31-26/h7-8,17-18,20,23,28H,3-6,9-15H2,1-2H3/t17?,18?,20-,23?,24+,25?,26?/m1/s1. The Hall–Kier alpha value is -1.34. The van der Waals surface area contributed by atoms with E-state index >= 15 is 0 Å². The van der Waals surface area contributed by atoms with E-state index in [0.717, 1.165) is 44.1 Å². The van der Waals surface area contributed by atoms with Crippen LogP contribution in [0.25, 0.3) is 0 Å². The third-order valence-electron chi connectivity index (χ3n) is 10.1. The molecule has 2 saturated heterocycles. The Balaban J connectivity index is 1.39. The Morgan fingerprint density at radius 2 is 1.81 bits per heavy atom. The number of ether oxygens (including phenoxy) is 4. The average Bonchev–Trinajstić information content (AvgIpc) is 3.06. The molecule has 2 saturated carbocycles. The number of nitrogens with zero attached hydrogens (tertiary/aromatic N) is 1. The maximum absolute atomic E-state index is 12.5. The first-order valence-corrected chi connectivity index (χ1v) is 12.6. The van der Waals surface area contributed by atoms with Crippen molar-refractivity contribution >= 4 is 0 Å². The minimum Gasteiger partial charge on any atom is -0.493 e. The molecule has 0 aromatic heterocycles. The summed E-state index contributed by atoms with van der Waals surface area (Å²) < 4.78 is 26.1. The highest BCUT2D eigenvalue weighted by Crippen LogP contribution is 2.68. The van der Waals surface area contributed by atoms with Gasteiger partial charge in [0, 0.05) is 18.0 Å². The Morgan fingerprint density at radius 3 is 2.53 bits per heavy atom. The largest absolute Gasteiger partial charge is 0.493 e. The molecule has 4 fully saturated rings. The van der Waals surface area contributed by atoms with E-state index in [2.05, 4.69) is 18.0 Å². The number of piperidine rings is 1. The van der Waals surface area contributed by atoms with Gasteiger partial charge in [0.25, 0.3) is 0 Å². The van der Waals surface area contributed by atoms with E-state index < -0.39 is 16.8 Å². The van der Waals surface area contributed by atoms with Gasteiger partial charge in [0.05, 0.1) is 31.3 Å². The number of rotatable bonds is 1. The molecule has 6 heteroatoms. The third kappa shape index (κ3) is 2.25. The summed E-state index contributed by atoms with van der Waals surface area (Å²) in [5.41, 5.74) is 1.08. The molecule has 1 N–H and O–H groups in total. The maximum Gasteiger partial charge on any atom is 0.206 e. The SMILES string of the molecule is COc1ccc2c3c1OC1C4(CCC5(O)[C@@H](C2)N(C)CC[C@]315)OCC1CCCCC1CO4. The topological polar surface area (TPSA) is 60.4 Å². The van der Waals surface area contributed by atoms with Gasteiger partial charge >= 0.3 is 0 Å². The minimum absolute atomic E-state index is 0.0832. The minimum atomic E-state index is -0.855. The first-order valence-electron chi connectivity index (χ1n) is 12.6. The summed E-state index contributed by atoms with van der Waals surface area (Å²) in [5, 5.41) is 12.5. The highest BCUT2D eigenvalue weighted by Gasteiger charge is 2.77. The second-order valence-corrected chi connectivity index (χ2v) is 11.2. The van der Waals surface area contributed by atoms with E-state index in [1.165, 1.54) is 36.8 Å². The summed E-state index contributed by atoms with van der Waals surface area (Å²) in [7, 11) is 3.86. The third-order valence-corrected chi connectivity index (χ3v) is 10.1. The van der Waals surface area contributed by atoms with E-state index in [0.29, 0.717) is 24.7 Å². The predicted molar refractivity (Wildman–Crippen MR) is 118 cm³/mol. The molecule has 0 radical (unpaired) electrons. The molecule has 3 aliphatic heterocycles. The van der Waals surface area contributed by atoms with Crippen LogP contribution in [0.4, 0.5) is 0 Å². The fourth-order valence-electron chi connectivity index (χ4n) is 8.42. The average molecular weight is 442 g/mol. The Kier molecular flexibility index (Phi) is 4.15. The molecule has 1 aromatic rings. The Morgan fingerprint density at radius 1 is 1.06 bits per heavy atom. The van der Waals surface area contributed by atoms with Crippen LogP contribution in [-0.4, -0.2) is 67.5 Å². The number of fused-ring (bicyclic) bond motifs is 2. The number of likely N-dealkylation sites (N-methyl/N-ethyl adjacent to an activating group) is 1. The fraction of sp³-hybridized carbons (Fsp3) is 0.769. The predicted octanol–water partition coefficient (Wildman–Crippen LogP) is 3.03. The summed E-state index contributed by atoms with van der Waals surface area (Å²) >= 11 is 0. The van der Waals surface area contributed by atoms with Crippen molar-refractivity contribution in [3.05, 3.63) is 23.3 Å². The molecular weight excluding hydrogens is 406 g/mol. The van der Waals surface area contributed by atoms with Crippen molar-refractivity contribution in [1.29, 1.82) is 0 Å². The molecule has 174 valence electrons. The Bertz CT molecular complexity index is 934.